The van der Waals surface area contributed by atoms with Crippen LogP contribution in [0.1, 0.15) is 28.3 Å². The van der Waals surface area contributed by atoms with Gasteiger partial charge < -0.3 is 10.1 Å². The van der Waals surface area contributed by atoms with Gasteiger partial charge in [0.05, 0.1) is 11.6 Å². The first-order valence-corrected chi connectivity index (χ1v) is 8.49. The molecule has 2 atom stereocenters. The molecule has 0 aromatic carbocycles. The van der Waals surface area contributed by atoms with Crippen LogP contribution in [0.25, 0.3) is 0 Å². The molecule has 1 saturated carbocycles. The minimum absolute atomic E-state index is 0.0245. The number of likely N-dealkylation sites (tertiary alicyclic amines) is 1. The summed E-state index contributed by atoms with van der Waals surface area (Å²) in [5.41, 5.74) is 0.558. The highest BCUT2D eigenvalue weighted by Gasteiger charge is 2.42. The van der Waals surface area contributed by atoms with Crippen LogP contribution < -0.4 is 5.32 Å². The number of carbonyl (C=O) groups is 1. The van der Waals surface area contributed by atoms with Crippen molar-refractivity contribution in [3.63, 3.8) is 0 Å². The van der Waals surface area contributed by atoms with E-state index >= 15 is 0 Å². The number of methoxy groups -OCH3 is 1. The number of hydrogen-bond donors (Lipinski definition) is 1. The number of hydrogen-bond acceptors (Lipinski definition) is 5. The fourth-order valence-electron chi connectivity index (χ4n) is 3.18. The molecule has 116 valence electrons. The van der Waals surface area contributed by atoms with Gasteiger partial charge in [-0.2, -0.15) is 0 Å². The molecule has 2 aliphatic rings. The average Bonchev–Trinajstić information content (AvgIpc) is 3.09. The van der Waals surface area contributed by atoms with Crippen molar-refractivity contribution in [2.45, 2.75) is 25.8 Å². The lowest BCUT2D eigenvalue weighted by Gasteiger charge is -2.18. The number of aromatic nitrogens is 1. The van der Waals surface area contributed by atoms with E-state index in [2.05, 4.69) is 15.2 Å². The summed E-state index contributed by atoms with van der Waals surface area (Å²) >= 11 is 1.52. The van der Waals surface area contributed by atoms with E-state index < -0.39 is 0 Å². The van der Waals surface area contributed by atoms with Crippen LogP contribution in [0.15, 0.2) is 5.38 Å². The van der Waals surface area contributed by atoms with Crippen LogP contribution in [0.3, 0.4) is 0 Å². The Hall–Kier alpha value is -0.980. The third-order valence-corrected chi connectivity index (χ3v) is 5.22. The van der Waals surface area contributed by atoms with Crippen LogP contribution in [0, 0.1) is 18.8 Å². The number of thiazole rings is 1. The Labute approximate surface area is 129 Å². The molecular weight excluding hydrogens is 286 g/mol. The van der Waals surface area contributed by atoms with Gasteiger partial charge in [0.25, 0.3) is 5.91 Å². The standard InChI is InChI=1S/C15H23N3O2S/c1-10-16-14(9-21-10)15(19)17-13-8-18(5-6-20-2)7-12(13)11-3-4-11/h9,11-13H,3-8H2,1-2H3,(H,17,19)/t12-,13+/m0/s1. The van der Waals surface area contributed by atoms with Crippen molar-refractivity contribution < 1.29 is 9.53 Å². The van der Waals surface area contributed by atoms with E-state index in [9.17, 15) is 4.79 Å². The molecule has 2 fully saturated rings. The Morgan fingerprint density at radius 1 is 1.52 bits per heavy atom. The first-order chi connectivity index (χ1) is 10.2. The molecule has 1 N–H and O–H groups in total. The van der Waals surface area contributed by atoms with Crippen molar-refractivity contribution in [2.75, 3.05) is 33.4 Å². The van der Waals surface area contributed by atoms with Gasteiger partial charge in [-0.25, -0.2) is 4.98 Å². The maximum atomic E-state index is 12.3. The van der Waals surface area contributed by atoms with E-state index in [0.717, 1.165) is 37.2 Å². The Bertz CT molecular complexity index is 501. The Balaban J connectivity index is 1.60. The van der Waals surface area contributed by atoms with Gasteiger partial charge in [-0.1, -0.05) is 0 Å². The molecule has 6 heteroatoms. The molecule has 0 bridgehead atoms. The van der Waals surface area contributed by atoms with E-state index in [1.54, 1.807) is 7.11 Å². The van der Waals surface area contributed by atoms with Crippen LogP contribution in [-0.2, 0) is 4.74 Å². The molecule has 3 rings (SSSR count). The largest absolute Gasteiger partial charge is 0.383 e. The molecular formula is C15H23N3O2S. The van der Waals surface area contributed by atoms with Crippen molar-refractivity contribution in [3.8, 4) is 0 Å². The van der Waals surface area contributed by atoms with Crippen molar-refractivity contribution in [2.24, 2.45) is 11.8 Å². The number of carbonyl (C=O) groups excluding carboxylic acids is 1. The summed E-state index contributed by atoms with van der Waals surface area (Å²) in [5.74, 6) is 1.36. The van der Waals surface area contributed by atoms with Crippen LogP contribution in [-0.4, -0.2) is 55.2 Å². The maximum Gasteiger partial charge on any atom is 0.271 e. The van der Waals surface area contributed by atoms with E-state index in [1.807, 2.05) is 12.3 Å². The monoisotopic (exact) mass is 309 g/mol. The molecule has 0 spiro atoms. The van der Waals surface area contributed by atoms with Crippen LogP contribution in [0.4, 0.5) is 0 Å². The van der Waals surface area contributed by atoms with Crippen molar-refractivity contribution in [1.29, 1.82) is 0 Å². The highest BCUT2D eigenvalue weighted by atomic mass is 32.1. The first kappa shape index (κ1) is 14.9. The number of nitrogens with zero attached hydrogens (tertiary/aromatic N) is 2. The fourth-order valence-corrected chi connectivity index (χ4v) is 3.77. The third-order valence-electron chi connectivity index (χ3n) is 4.45. The van der Waals surface area contributed by atoms with E-state index in [4.69, 9.17) is 4.74 Å². The number of amides is 1. The van der Waals surface area contributed by atoms with Gasteiger partial charge in [0.15, 0.2) is 0 Å². The second kappa shape index (κ2) is 6.42. The molecule has 1 saturated heterocycles. The molecule has 21 heavy (non-hydrogen) atoms. The smallest absolute Gasteiger partial charge is 0.271 e. The van der Waals surface area contributed by atoms with Crippen LogP contribution >= 0.6 is 11.3 Å². The quantitative estimate of drug-likeness (QED) is 0.866. The minimum atomic E-state index is -0.0245. The van der Waals surface area contributed by atoms with Gasteiger partial charge in [-0.15, -0.1) is 11.3 Å². The summed E-state index contributed by atoms with van der Waals surface area (Å²) < 4.78 is 5.17. The lowest BCUT2D eigenvalue weighted by molar-refractivity contribution is 0.0923. The zero-order valence-electron chi connectivity index (χ0n) is 12.7. The van der Waals surface area contributed by atoms with Crippen molar-refractivity contribution in [3.05, 3.63) is 16.1 Å². The molecule has 5 nitrogen and oxygen atoms in total. The van der Waals surface area contributed by atoms with Crippen LogP contribution in [0.2, 0.25) is 0 Å². The summed E-state index contributed by atoms with van der Waals surface area (Å²) in [4.78, 5) is 19.0. The Morgan fingerprint density at radius 3 is 2.95 bits per heavy atom. The van der Waals surface area contributed by atoms with Crippen molar-refractivity contribution >= 4 is 17.2 Å². The second-order valence-electron chi connectivity index (χ2n) is 6.09. The summed E-state index contributed by atoms with van der Waals surface area (Å²) in [5, 5.41) is 5.99. The fraction of sp³-hybridized carbons (Fsp3) is 0.733. The summed E-state index contributed by atoms with van der Waals surface area (Å²) in [6.45, 7) is 5.64. The maximum absolute atomic E-state index is 12.3. The first-order valence-electron chi connectivity index (χ1n) is 7.61. The molecule has 1 aromatic heterocycles. The zero-order chi connectivity index (χ0) is 14.8. The van der Waals surface area contributed by atoms with E-state index in [1.165, 1.54) is 24.2 Å². The molecule has 1 amide bonds. The van der Waals surface area contributed by atoms with Gasteiger partial charge in [0.2, 0.25) is 0 Å². The number of aryl methyl sites for hydroxylation is 1. The SMILES string of the molecule is COCCN1C[C@@H](NC(=O)c2csc(C)n2)[C@H](C2CC2)C1. The minimum Gasteiger partial charge on any atom is -0.383 e. The van der Waals surface area contributed by atoms with Gasteiger partial charge in [0.1, 0.15) is 5.69 Å². The summed E-state index contributed by atoms with van der Waals surface area (Å²) in [6, 6.07) is 0.254. The molecule has 1 aliphatic carbocycles. The molecule has 0 unspecified atom stereocenters. The highest BCUT2D eigenvalue weighted by Crippen LogP contribution is 2.41. The molecule has 2 heterocycles. The summed E-state index contributed by atoms with van der Waals surface area (Å²) in [6.07, 6.45) is 2.62. The number of nitrogens with one attached hydrogen (secondary N) is 1. The van der Waals surface area contributed by atoms with E-state index in [0.29, 0.717) is 11.6 Å². The Morgan fingerprint density at radius 2 is 2.33 bits per heavy atom. The summed E-state index contributed by atoms with van der Waals surface area (Å²) in [7, 11) is 1.73. The highest BCUT2D eigenvalue weighted by molar-refractivity contribution is 7.09. The predicted octanol–water partition coefficient (Wildman–Crippen LogP) is 1.54. The lowest BCUT2D eigenvalue weighted by Crippen LogP contribution is -2.41. The number of rotatable bonds is 6. The number of ether oxygens (including phenoxy) is 1. The molecule has 0 radical (unpaired) electrons. The van der Waals surface area contributed by atoms with Gasteiger partial charge >= 0.3 is 0 Å². The van der Waals surface area contributed by atoms with E-state index in [-0.39, 0.29) is 11.9 Å². The van der Waals surface area contributed by atoms with Gasteiger partial charge in [-0.3, -0.25) is 9.69 Å². The lowest BCUT2D eigenvalue weighted by atomic mass is 9.98. The normalized spacial score (nSPS) is 26.2. The van der Waals surface area contributed by atoms with Crippen LogP contribution in [0.5, 0.6) is 0 Å². The van der Waals surface area contributed by atoms with Gasteiger partial charge in [0, 0.05) is 38.2 Å². The molecule has 1 aromatic rings. The predicted molar refractivity (Wildman–Crippen MR) is 82.6 cm³/mol. The Kier molecular flexibility index (Phi) is 4.57. The average molecular weight is 309 g/mol. The topological polar surface area (TPSA) is 54.5 Å². The van der Waals surface area contributed by atoms with Crippen molar-refractivity contribution in [1.82, 2.24) is 15.2 Å². The molecule has 1 aliphatic heterocycles. The van der Waals surface area contributed by atoms with Gasteiger partial charge in [-0.05, 0) is 31.6 Å². The third kappa shape index (κ3) is 3.62. The zero-order valence-corrected chi connectivity index (χ0v) is 13.5. The second-order valence-corrected chi connectivity index (χ2v) is 7.15.